The van der Waals surface area contributed by atoms with Crippen LogP contribution in [-0.4, -0.2) is 26.7 Å². The van der Waals surface area contributed by atoms with E-state index in [0.29, 0.717) is 6.54 Å². The summed E-state index contributed by atoms with van der Waals surface area (Å²) in [6.07, 6.45) is 3.93. The van der Waals surface area contributed by atoms with Crippen LogP contribution in [0.3, 0.4) is 0 Å². The highest BCUT2D eigenvalue weighted by Crippen LogP contribution is 2.47. The van der Waals surface area contributed by atoms with Crippen LogP contribution in [0.15, 0.2) is 12.5 Å². The van der Waals surface area contributed by atoms with Crippen LogP contribution in [0.2, 0.25) is 0 Å². The Kier molecular flexibility index (Phi) is 1.34. The van der Waals surface area contributed by atoms with Crippen molar-refractivity contribution in [3.05, 3.63) is 18.2 Å². The van der Waals surface area contributed by atoms with Gasteiger partial charge in [-0.1, -0.05) is 0 Å². The first-order valence-electron chi connectivity index (χ1n) is 4.60. The van der Waals surface area contributed by atoms with E-state index in [2.05, 4.69) is 9.97 Å². The van der Waals surface area contributed by atoms with E-state index in [1.54, 1.807) is 12.5 Å². The van der Waals surface area contributed by atoms with E-state index in [4.69, 9.17) is 0 Å². The van der Waals surface area contributed by atoms with Gasteiger partial charge in [0.2, 0.25) is 11.8 Å². The highest BCUT2D eigenvalue weighted by molar-refractivity contribution is 6.08. The molecule has 5 heteroatoms. The number of H-pyrrole nitrogens is 1. The lowest BCUT2D eigenvalue weighted by Gasteiger charge is -2.14. The monoisotopic (exact) mass is 191 g/mol. The van der Waals surface area contributed by atoms with Crippen molar-refractivity contribution < 1.29 is 9.59 Å². The predicted octanol–water partition coefficient (Wildman–Crippen LogP) is -0.0854. The molecule has 2 amide bonds. The van der Waals surface area contributed by atoms with Gasteiger partial charge in [0.1, 0.15) is 0 Å². The summed E-state index contributed by atoms with van der Waals surface area (Å²) in [5, 5.41) is 0. The molecule has 1 saturated carbocycles. The van der Waals surface area contributed by atoms with Gasteiger partial charge in [-0.05, 0) is 6.42 Å². The average Bonchev–Trinajstić information content (AvgIpc) is 2.75. The fraction of sp³-hybridized carbons (Fsp3) is 0.444. The molecule has 1 aliphatic carbocycles. The average molecular weight is 191 g/mol. The lowest BCUT2D eigenvalue weighted by atomic mass is 10.3. The number of imidazole rings is 1. The van der Waals surface area contributed by atoms with Gasteiger partial charge >= 0.3 is 0 Å². The number of nitrogens with one attached hydrogen (secondary N) is 1. The van der Waals surface area contributed by atoms with Gasteiger partial charge in [0.15, 0.2) is 0 Å². The SMILES string of the molecule is O=C1C2CC2C(=O)N1Cc1cnc[nH]1. The molecule has 14 heavy (non-hydrogen) atoms. The Labute approximate surface area is 80.1 Å². The molecule has 2 unspecified atom stereocenters. The van der Waals surface area contributed by atoms with Crippen LogP contribution >= 0.6 is 0 Å². The summed E-state index contributed by atoms with van der Waals surface area (Å²) in [4.78, 5) is 31.2. The molecule has 2 fully saturated rings. The van der Waals surface area contributed by atoms with Crippen molar-refractivity contribution in [2.75, 3.05) is 0 Å². The summed E-state index contributed by atoms with van der Waals surface area (Å²) in [5.74, 6) is -0.0555. The van der Waals surface area contributed by atoms with Gasteiger partial charge in [-0.2, -0.15) is 0 Å². The summed E-state index contributed by atoms with van der Waals surface area (Å²) < 4.78 is 0. The maximum absolute atomic E-state index is 11.6. The first kappa shape index (κ1) is 7.73. The number of hydrogen-bond acceptors (Lipinski definition) is 3. The minimum atomic E-state index is -0.0189. The number of nitrogens with zero attached hydrogens (tertiary/aromatic N) is 2. The molecule has 0 bridgehead atoms. The Morgan fingerprint density at radius 1 is 1.43 bits per heavy atom. The van der Waals surface area contributed by atoms with E-state index in [0.717, 1.165) is 12.1 Å². The minimum absolute atomic E-state index is 0.00887. The molecule has 1 aromatic heterocycles. The lowest BCUT2D eigenvalue weighted by Crippen LogP contribution is -2.32. The molecule has 0 radical (unpaired) electrons. The van der Waals surface area contributed by atoms with Gasteiger partial charge in [-0.3, -0.25) is 14.5 Å². The molecule has 2 heterocycles. The molecule has 5 nitrogen and oxygen atoms in total. The zero-order valence-corrected chi connectivity index (χ0v) is 7.43. The van der Waals surface area contributed by atoms with Crippen molar-refractivity contribution in [2.45, 2.75) is 13.0 Å². The van der Waals surface area contributed by atoms with Gasteiger partial charge in [-0.25, -0.2) is 4.98 Å². The lowest BCUT2D eigenvalue weighted by molar-refractivity contribution is -0.142. The smallest absolute Gasteiger partial charge is 0.233 e. The van der Waals surface area contributed by atoms with Crippen LogP contribution in [0, 0.1) is 11.8 Å². The maximum Gasteiger partial charge on any atom is 0.233 e. The molecular formula is C9H9N3O2. The van der Waals surface area contributed by atoms with Crippen LogP contribution in [0.25, 0.3) is 0 Å². The van der Waals surface area contributed by atoms with Crippen molar-refractivity contribution in [1.82, 2.24) is 14.9 Å². The van der Waals surface area contributed by atoms with Crippen molar-refractivity contribution in [2.24, 2.45) is 11.8 Å². The summed E-state index contributed by atoms with van der Waals surface area (Å²) in [5.41, 5.74) is 0.799. The van der Waals surface area contributed by atoms with E-state index in [-0.39, 0.29) is 23.7 Å². The van der Waals surface area contributed by atoms with Gasteiger partial charge in [0, 0.05) is 6.20 Å². The molecule has 0 aromatic carbocycles. The Hall–Kier alpha value is -1.65. The fourth-order valence-electron chi connectivity index (χ4n) is 1.95. The number of piperidine rings is 1. The Morgan fingerprint density at radius 2 is 2.14 bits per heavy atom. The zero-order valence-electron chi connectivity index (χ0n) is 7.43. The number of rotatable bonds is 2. The molecule has 2 atom stereocenters. The second-order valence-corrected chi connectivity index (χ2v) is 3.79. The van der Waals surface area contributed by atoms with Gasteiger partial charge < -0.3 is 4.98 Å². The molecule has 3 rings (SSSR count). The molecule has 2 aliphatic rings. The number of aromatic nitrogens is 2. The third-order valence-electron chi connectivity index (χ3n) is 2.84. The minimum Gasteiger partial charge on any atom is -0.347 e. The van der Waals surface area contributed by atoms with Crippen LogP contribution < -0.4 is 0 Å². The van der Waals surface area contributed by atoms with Crippen LogP contribution in [0.1, 0.15) is 12.1 Å². The summed E-state index contributed by atoms with van der Waals surface area (Å²) in [7, 11) is 0. The number of amides is 2. The van der Waals surface area contributed by atoms with E-state index < -0.39 is 0 Å². The third-order valence-corrected chi connectivity index (χ3v) is 2.84. The number of fused-ring (bicyclic) bond motifs is 1. The van der Waals surface area contributed by atoms with Gasteiger partial charge in [0.05, 0.1) is 30.4 Å². The molecule has 1 aliphatic heterocycles. The number of likely N-dealkylation sites (tertiary alicyclic amines) is 1. The predicted molar refractivity (Wildman–Crippen MR) is 45.7 cm³/mol. The van der Waals surface area contributed by atoms with Crippen LogP contribution in [0.5, 0.6) is 0 Å². The molecule has 0 spiro atoms. The van der Waals surface area contributed by atoms with Crippen LogP contribution in [-0.2, 0) is 16.1 Å². The number of carbonyl (C=O) groups excluding carboxylic acids is 2. The molecule has 1 aromatic rings. The Balaban J connectivity index is 1.80. The van der Waals surface area contributed by atoms with E-state index >= 15 is 0 Å². The quantitative estimate of drug-likeness (QED) is 0.664. The zero-order chi connectivity index (χ0) is 9.71. The van der Waals surface area contributed by atoms with Crippen molar-refractivity contribution in [1.29, 1.82) is 0 Å². The summed E-state index contributed by atoms with van der Waals surface area (Å²) in [6.45, 7) is 0.338. The van der Waals surface area contributed by atoms with Crippen molar-refractivity contribution in [3.8, 4) is 0 Å². The molecule has 72 valence electrons. The highest BCUT2D eigenvalue weighted by atomic mass is 16.2. The summed E-state index contributed by atoms with van der Waals surface area (Å²) >= 11 is 0. The van der Waals surface area contributed by atoms with Crippen molar-refractivity contribution >= 4 is 11.8 Å². The normalized spacial score (nSPS) is 29.6. The third kappa shape index (κ3) is 0.921. The molecular weight excluding hydrogens is 182 g/mol. The number of imide groups is 1. The van der Waals surface area contributed by atoms with Gasteiger partial charge in [0.25, 0.3) is 0 Å². The van der Waals surface area contributed by atoms with Crippen molar-refractivity contribution in [3.63, 3.8) is 0 Å². The van der Waals surface area contributed by atoms with Crippen LogP contribution in [0.4, 0.5) is 0 Å². The first-order valence-corrected chi connectivity index (χ1v) is 4.60. The highest BCUT2D eigenvalue weighted by Gasteiger charge is 2.58. The second kappa shape index (κ2) is 2.43. The Bertz CT molecular complexity index is 378. The van der Waals surface area contributed by atoms with Gasteiger partial charge in [-0.15, -0.1) is 0 Å². The second-order valence-electron chi connectivity index (χ2n) is 3.79. The number of aromatic amines is 1. The molecule has 1 N–H and O–H groups in total. The fourth-order valence-corrected chi connectivity index (χ4v) is 1.95. The van der Waals surface area contributed by atoms with E-state index in [1.165, 1.54) is 4.90 Å². The Morgan fingerprint density at radius 3 is 2.71 bits per heavy atom. The topological polar surface area (TPSA) is 66.1 Å². The number of carbonyl (C=O) groups is 2. The maximum atomic E-state index is 11.6. The standard InChI is InChI=1S/C9H9N3O2/c13-8-6-1-7(6)9(14)12(8)3-5-2-10-4-11-5/h2,4,6-7H,1,3H2,(H,10,11). The largest absolute Gasteiger partial charge is 0.347 e. The van der Waals surface area contributed by atoms with E-state index in [9.17, 15) is 9.59 Å². The first-order chi connectivity index (χ1) is 6.77. The molecule has 1 saturated heterocycles. The van der Waals surface area contributed by atoms with E-state index in [1.807, 2.05) is 0 Å². The summed E-state index contributed by atoms with van der Waals surface area (Å²) in [6, 6.07) is 0. The number of hydrogen-bond donors (Lipinski definition) is 1.